The SMILES string of the molecule is COc1ccc2sccc2c1CC#N. The van der Waals surface area contributed by atoms with Crippen LogP contribution in [0.2, 0.25) is 0 Å². The number of nitriles is 1. The van der Waals surface area contributed by atoms with Crippen LogP contribution < -0.4 is 4.74 Å². The van der Waals surface area contributed by atoms with E-state index in [9.17, 15) is 0 Å². The molecule has 0 aliphatic carbocycles. The number of thiophene rings is 1. The van der Waals surface area contributed by atoms with Crippen LogP contribution in [0.15, 0.2) is 23.6 Å². The molecular formula is C11H9NOS. The summed E-state index contributed by atoms with van der Waals surface area (Å²) in [5, 5.41) is 11.9. The van der Waals surface area contributed by atoms with Crippen molar-refractivity contribution in [3.8, 4) is 11.8 Å². The Morgan fingerprint density at radius 2 is 2.29 bits per heavy atom. The first kappa shape index (κ1) is 9.04. The smallest absolute Gasteiger partial charge is 0.123 e. The highest BCUT2D eigenvalue weighted by molar-refractivity contribution is 7.17. The highest BCUT2D eigenvalue weighted by Crippen LogP contribution is 2.31. The molecule has 1 aromatic carbocycles. The summed E-state index contributed by atoms with van der Waals surface area (Å²) in [5.41, 5.74) is 0.994. The first-order chi connectivity index (χ1) is 6.86. The van der Waals surface area contributed by atoms with Gasteiger partial charge in [-0.2, -0.15) is 5.26 Å². The van der Waals surface area contributed by atoms with E-state index in [2.05, 4.69) is 6.07 Å². The van der Waals surface area contributed by atoms with E-state index in [4.69, 9.17) is 10.00 Å². The predicted molar refractivity (Wildman–Crippen MR) is 57.7 cm³/mol. The molecule has 0 atom stereocenters. The third-order valence-corrected chi connectivity index (χ3v) is 3.06. The maximum absolute atomic E-state index is 8.73. The molecule has 14 heavy (non-hydrogen) atoms. The van der Waals surface area contributed by atoms with Crippen LogP contribution in [0.1, 0.15) is 5.56 Å². The largest absolute Gasteiger partial charge is 0.496 e. The lowest BCUT2D eigenvalue weighted by Gasteiger charge is -2.06. The number of hydrogen-bond acceptors (Lipinski definition) is 3. The molecule has 1 heterocycles. The van der Waals surface area contributed by atoms with Crippen molar-refractivity contribution in [3.05, 3.63) is 29.1 Å². The fourth-order valence-corrected chi connectivity index (χ4v) is 2.35. The van der Waals surface area contributed by atoms with Gasteiger partial charge in [-0.3, -0.25) is 0 Å². The summed E-state index contributed by atoms with van der Waals surface area (Å²) in [6, 6.07) is 8.15. The minimum Gasteiger partial charge on any atom is -0.496 e. The summed E-state index contributed by atoms with van der Waals surface area (Å²) in [5.74, 6) is 0.803. The van der Waals surface area contributed by atoms with Gasteiger partial charge in [0.1, 0.15) is 5.75 Å². The van der Waals surface area contributed by atoms with Gasteiger partial charge in [-0.15, -0.1) is 11.3 Å². The second-order valence-electron chi connectivity index (χ2n) is 2.91. The van der Waals surface area contributed by atoms with Crippen LogP contribution in [0.25, 0.3) is 10.1 Å². The molecule has 0 aliphatic rings. The Hall–Kier alpha value is -1.53. The minimum absolute atomic E-state index is 0.400. The third-order valence-electron chi connectivity index (χ3n) is 2.18. The monoisotopic (exact) mass is 203 g/mol. The topological polar surface area (TPSA) is 33.0 Å². The van der Waals surface area contributed by atoms with Crippen LogP contribution in [-0.4, -0.2) is 7.11 Å². The normalized spacial score (nSPS) is 10.0. The van der Waals surface area contributed by atoms with Crippen molar-refractivity contribution in [3.63, 3.8) is 0 Å². The number of fused-ring (bicyclic) bond motifs is 1. The maximum Gasteiger partial charge on any atom is 0.123 e. The first-order valence-electron chi connectivity index (χ1n) is 4.27. The van der Waals surface area contributed by atoms with E-state index in [0.717, 1.165) is 16.7 Å². The molecule has 0 fully saturated rings. The Morgan fingerprint density at radius 3 is 3.00 bits per heavy atom. The molecule has 70 valence electrons. The molecule has 2 rings (SSSR count). The van der Waals surface area contributed by atoms with Gasteiger partial charge >= 0.3 is 0 Å². The number of rotatable bonds is 2. The lowest BCUT2D eigenvalue weighted by atomic mass is 10.1. The number of methoxy groups -OCH3 is 1. The molecule has 0 N–H and O–H groups in total. The molecule has 1 aromatic heterocycles. The lowest BCUT2D eigenvalue weighted by Crippen LogP contribution is -1.90. The van der Waals surface area contributed by atoms with Gasteiger partial charge in [-0.05, 0) is 23.6 Å². The van der Waals surface area contributed by atoms with Gasteiger partial charge in [-0.25, -0.2) is 0 Å². The Balaban J connectivity index is 2.70. The molecule has 0 amide bonds. The van der Waals surface area contributed by atoms with E-state index in [0.29, 0.717) is 6.42 Å². The van der Waals surface area contributed by atoms with Crippen LogP contribution in [0.3, 0.4) is 0 Å². The molecule has 2 nitrogen and oxygen atoms in total. The van der Waals surface area contributed by atoms with E-state index in [-0.39, 0.29) is 0 Å². The average molecular weight is 203 g/mol. The molecule has 2 aromatic rings. The van der Waals surface area contributed by atoms with Gasteiger partial charge in [0.05, 0.1) is 19.6 Å². The van der Waals surface area contributed by atoms with Gasteiger partial charge in [0.25, 0.3) is 0 Å². The fourth-order valence-electron chi connectivity index (χ4n) is 1.54. The van der Waals surface area contributed by atoms with Gasteiger partial charge in [-0.1, -0.05) is 0 Å². The van der Waals surface area contributed by atoms with E-state index in [1.165, 1.54) is 4.70 Å². The zero-order valence-electron chi connectivity index (χ0n) is 7.78. The van der Waals surface area contributed by atoms with Crippen molar-refractivity contribution in [2.75, 3.05) is 7.11 Å². The predicted octanol–water partition coefficient (Wildman–Crippen LogP) is 2.98. The Bertz CT molecular complexity index is 495. The molecule has 0 spiro atoms. The molecule has 3 heteroatoms. The maximum atomic E-state index is 8.73. The summed E-state index contributed by atoms with van der Waals surface area (Å²) in [6.45, 7) is 0. The van der Waals surface area contributed by atoms with Crippen molar-refractivity contribution < 1.29 is 4.74 Å². The minimum atomic E-state index is 0.400. The summed E-state index contributed by atoms with van der Waals surface area (Å²) < 4.78 is 6.43. The number of ether oxygens (including phenoxy) is 1. The second-order valence-corrected chi connectivity index (χ2v) is 3.86. The lowest BCUT2D eigenvalue weighted by molar-refractivity contribution is 0.411. The Morgan fingerprint density at radius 1 is 1.43 bits per heavy atom. The van der Waals surface area contributed by atoms with E-state index in [1.807, 2.05) is 23.6 Å². The molecule has 0 bridgehead atoms. The molecule has 0 saturated heterocycles. The summed E-state index contributed by atoms with van der Waals surface area (Å²) >= 11 is 1.68. The first-order valence-corrected chi connectivity index (χ1v) is 5.15. The summed E-state index contributed by atoms with van der Waals surface area (Å²) in [7, 11) is 1.63. The summed E-state index contributed by atoms with van der Waals surface area (Å²) in [6.07, 6.45) is 0.400. The fraction of sp³-hybridized carbons (Fsp3) is 0.182. The highest BCUT2D eigenvalue weighted by Gasteiger charge is 2.08. The van der Waals surface area contributed by atoms with E-state index < -0.39 is 0 Å². The standard InChI is InChI=1S/C11H9NOS/c1-13-10-2-3-11-9(5-7-14-11)8(10)4-6-12/h2-3,5,7H,4H2,1H3. The molecule has 0 saturated carbocycles. The van der Waals surface area contributed by atoms with Crippen LogP contribution in [-0.2, 0) is 6.42 Å². The van der Waals surface area contributed by atoms with Gasteiger partial charge in [0.15, 0.2) is 0 Å². The Kier molecular flexibility index (Phi) is 2.38. The van der Waals surface area contributed by atoms with Gasteiger partial charge in [0.2, 0.25) is 0 Å². The van der Waals surface area contributed by atoms with Crippen molar-refractivity contribution in [1.29, 1.82) is 5.26 Å². The van der Waals surface area contributed by atoms with Crippen LogP contribution >= 0.6 is 11.3 Å². The van der Waals surface area contributed by atoms with Crippen molar-refractivity contribution in [2.24, 2.45) is 0 Å². The number of benzene rings is 1. The quantitative estimate of drug-likeness (QED) is 0.751. The number of nitrogens with zero attached hydrogens (tertiary/aromatic N) is 1. The van der Waals surface area contributed by atoms with Crippen LogP contribution in [0.4, 0.5) is 0 Å². The molecule has 0 aliphatic heterocycles. The zero-order chi connectivity index (χ0) is 9.97. The summed E-state index contributed by atoms with van der Waals surface area (Å²) in [4.78, 5) is 0. The molecule has 0 radical (unpaired) electrons. The van der Waals surface area contributed by atoms with Crippen molar-refractivity contribution in [2.45, 2.75) is 6.42 Å². The molecule has 0 unspecified atom stereocenters. The van der Waals surface area contributed by atoms with Crippen LogP contribution in [0.5, 0.6) is 5.75 Å². The third kappa shape index (κ3) is 1.34. The van der Waals surface area contributed by atoms with Gasteiger partial charge in [0, 0.05) is 15.6 Å². The zero-order valence-corrected chi connectivity index (χ0v) is 8.60. The average Bonchev–Trinajstić information content (AvgIpc) is 2.67. The van der Waals surface area contributed by atoms with E-state index in [1.54, 1.807) is 18.4 Å². The van der Waals surface area contributed by atoms with E-state index >= 15 is 0 Å². The van der Waals surface area contributed by atoms with Crippen molar-refractivity contribution in [1.82, 2.24) is 0 Å². The van der Waals surface area contributed by atoms with Crippen LogP contribution in [0, 0.1) is 11.3 Å². The second kappa shape index (κ2) is 3.69. The highest BCUT2D eigenvalue weighted by atomic mass is 32.1. The Labute approximate surface area is 86.4 Å². The molecular weight excluding hydrogens is 194 g/mol. The van der Waals surface area contributed by atoms with Gasteiger partial charge < -0.3 is 4.74 Å². The van der Waals surface area contributed by atoms with Crippen molar-refractivity contribution >= 4 is 21.4 Å². The number of hydrogen-bond donors (Lipinski definition) is 0.